The first-order valence-electron chi connectivity index (χ1n) is 9.26. The Balaban J connectivity index is 1.47. The maximum absolute atomic E-state index is 12.9. The number of carboxylic acid groups (broad SMARTS) is 1. The molecule has 2 aromatic carbocycles. The molecule has 2 atom stereocenters. The van der Waals surface area contributed by atoms with Gasteiger partial charge in [-0.3, -0.25) is 0 Å². The number of nitrogens with one attached hydrogen (secondary N) is 1. The molecule has 2 aromatic rings. The van der Waals surface area contributed by atoms with E-state index < -0.39 is 42.9 Å². The third-order valence-electron chi connectivity index (χ3n) is 5.52. The molecule has 0 radical (unpaired) electrons. The minimum absolute atomic E-state index is 0.0842. The second-order valence-corrected chi connectivity index (χ2v) is 7.38. The van der Waals surface area contributed by atoms with Gasteiger partial charge in [0.15, 0.2) is 11.6 Å². The van der Waals surface area contributed by atoms with Crippen molar-refractivity contribution in [2.75, 3.05) is 13.2 Å². The third-order valence-corrected chi connectivity index (χ3v) is 5.52. The van der Waals surface area contributed by atoms with Gasteiger partial charge in [0.25, 0.3) is 0 Å². The Labute approximate surface area is 169 Å². The van der Waals surface area contributed by atoms with Crippen LogP contribution >= 0.6 is 0 Å². The van der Waals surface area contributed by atoms with Crippen molar-refractivity contribution >= 4 is 12.1 Å². The number of carbonyl (C=O) groups is 2. The van der Waals surface area contributed by atoms with Crippen LogP contribution in [0, 0.1) is 0 Å². The Hall–Kier alpha value is -3.07. The second kappa shape index (κ2) is 7.32. The summed E-state index contributed by atoms with van der Waals surface area (Å²) in [6.45, 7) is -0.879. The summed E-state index contributed by atoms with van der Waals surface area (Å²) in [5.74, 6) is -1.87. The molecule has 0 spiro atoms. The van der Waals surface area contributed by atoms with Crippen molar-refractivity contribution in [1.29, 1.82) is 0 Å². The largest absolute Gasteiger partial charge is 0.479 e. The van der Waals surface area contributed by atoms with E-state index >= 15 is 0 Å². The highest BCUT2D eigenvalue weighted by molar-refractivity contribution is 5.85. The Bertz CT molecular complexity index is 947. The van der Waals surface area contributed by atoms with Crippen LogP contribution < -0.4 is 5.32 Å². The van der Waals surface area contributed by atoms with Gasteiger partial charge < -0.3 is 19.9 Å². The van der Waals surface area contributed by atoms with E-state index in [-0.39, 0.29) is 12.5 Å². The monoisotopic (exact) mass is 421 g/mol. The van der Waals surface area contributed by atoms with E-state index in [1.165, 1.54) is 0 Å². The van der Waals surface area contributed by atoms with Crippen LogP contribution in [0.4, 0.5) is 18.0 Å². The van der Waals surface area contributed by atoms with Gasteiger partial charge in [0.2, 0.25) is 0 Å². The molecule has 0 unspecified atom stereocenters. The number of carbonyl (C=O) groups excluding carboxylic acids is 1. The number of ether oxygens (including phenoxy) is 2. The predicted molar refractivity (Wildman–Crippen MR) is 99.0 cm³/mol. The molecule has 2 N–H and O–H groups in total. The van der Waals surface area contributed by atoms with E-state index in [0.717, 1.165) is 22.3 Å². The number of hydrogen-bond donors (Lipinski definition) is 2. The number of carboxylic acids is 1. The van der Waals surface area contributed by atoms with Crippen molar-refractivity contribution in [3.8, 4) is 11.1 Å². The van der Waals surface area contributed by atoms with E-state index in [4.69, 9.17) is 4.74 Å². The Morgan fingerprint density at radius 1 is 1.10 bits per heavy atom. The first kappa shape index (κ1) is 20.2. The fourth-order valence-corrected chi connectivity index (χ4v) is 4.01. The fraction of sp³-hybridized carbons (Fsp3) is 0.333. The zero-order chi connectivity index (χ0) is 21.5. The van der Waals surface area contributed by atoms with E-state index in [9.17, 15) is 27.9 Å². The van der Waals surface area contributed by atoms with Gasteiger partial charge in [-0.25, -0.2) is 9.59 Å². The van der Waals surface area contributed by atoms with Crippen molar-refractivity contribution in [3.63, 3.8) is 0 Å². The molecule has 158 valence electrons. The van der Waals surface area contributed by atoms with Crippen LogP contribution in [0.5, 0.6) is 0 Å². The maximum Gasteiger partial charge on any atom is 0.414 e. The summed E-state index contributed by atoms with van der Waals surface area (Å²) in [4.78, 5) is 23.9. The molecule has 1 aliphatic heterocycles. The Kier molecular flexibility index (Phi) is 4.93. The van der Waals surface area contributed by atoms with Gasteiger partial charge in [0.05, 0.1) is 6.61 Å². The fourth-order valence-electron chi connectivity index (χ4n) is 4.01. The highest BCUT2D eigenvalue weighted by atomic mass is 19.4. The lowest BCUT2D eigenvalue weighted by Gasteiger charge is -2.24. The molecule has 0 aromatic heterocycles. The van der Waals surface area contributed by atoms with Crippen LogP contribution in [0.25, 0.3) is 11.1 Å². The summed E-state index contributed by atoms with van der Waals surface area (Å²) >= 11 is 0. The Morgan fingerprint density at radius 3 is 2.17 bits per heavy atom. The van der Waals surface area contributed by atoms with Gasteiger partial charge in [-0.2, -0.15) is 13.2 Å². The van der Waals surface area contributed by atoms with Gasteiger partial charge in [0.1, 0.15) is 6.61 Å². The van der Waals surface area contributed by atoms with Gasteiger partial charge in [0, 0.05) is 12.3 Å². The molecule has 2 aliphatic rings. The van der Waals surface area contributed by atoms with Crippen molar-refractivity contribution in [3.05, 3.63) is 59.7 Å². The zero-order valence-electron chi connectivity index (χ0n) is 15.6. The predicted octanol–water partition coefficient (Wildman–Crippen LogP) is 3.70. The van der Waals surface area contributed by atoms with Gasteiger partial charge in [-0.05, 0) is 22.3 Å². The van der Waals surface area contributed by atoms with Crippen molar-refractivity contribution in [2.24, 2.45) is 0 Å². The first-order chi connectivity index (χ1) is 14.2. The Morgan fingerprint density at radius 2 is 1.67 bits per heavy atom. The molecule has 0 bridgehead atoms. The number of aliphatic carboxylic acids is 1. The minimum Gasteiger partial charge on any atom is -0.479 e. The maximum atomic E-state index is 12.9. The number of alkyl carbamates (subject to hydrolysis) is 1. The molecule has 0 saturated carbocycles. The third kappa shape index (κ3) is 3.49. The summed E-state index contributed by atoms with van der Waals surface area (Å²) in [6, 6.07) is 15.3. The van der Waals surface area contributed by atoms with Crippen LogP contribution in [0.3, 0.4) is 0 Å². The lowest BCUT2D eigenvalue weighted by molar-refractivity contribution is -0.206. The van der Waals surface area contributed by atoms with E-state index in [1.54, 1.807) is 0 Å². The van der Waals surface area contributed by atoms with Gasteiger partial charge >= 0.3 is 18.2 Å². The van der Waals surface area contributed by atoms with Crippen LogP contribution in [0.1, 0.15) is 23.5 Å². The molecule has 1 heterocycles. The second-order valence-electron chi connectivity index (χ2n) is 7.38. The number of hydrogen-bond acceptors (Lipinski definition) is 4. The van der Waals surface area contributed by atoms with Gasteiger partial charge in [-0.15, -0.1) is 0 Å². The molecule has 1 saturated heterocycles. The van der Waals surface area contributed by atoms with Crippen LogP contribution in [-0.2, 0) is 14.3 Å². The summed E-state index contributed by atoms with van der Waals surface area (Å²) in [6.07, 6.45) is -9.01. The number of rotatable bonds is 4. The molecule has 9 heteroatoms. The summed E-state index contributed by atoms with van der Waals surface area (Å²) in [5.41, 5.74) is 1.76. The van der Waals surface area contributed by atoms with E-state index in [1.807, 2.05) is 48.5 Å². The molecule has 1 aliphatic carbocycles. The molecule has 4 rings (SSSR count). The van der Waals surface area contributed by atoms with Crippen LogP contribution in [0.2, 0.25) is 0 Å². The number of fused-ring (bicyclic) bond motifs is 3. The normalized spacial score (nSPS) is 23.0. The summed E-state index contributed by atoms with van der Waals surface area (Å²) in [5, 5.41) is 11.5. The summed E-state index contributed by atoms with van der Waals surface area (Å²) in [7, 11) is 0. The van der Waals surface area contributed by atoms with Crippen molar-refractivity contribution < 1.29 is 37.3 Å². The SMILES string of the molecule is O=C(N[C@@]1(C(=O)O)CO[C@@H](C(F)(F)F)C1)OCC1c2ccccc2-c2ccccc21. The minimum atomic E-state index is -4.72. The molecule has 30 heavy (non-hydrogen) atoms. The highest BCUT2D eigenvalue weighted by Gasteiger charge is 2.56. The topological polar surface area (TPSA) is 84.9 Å². The first-order valence-corrected chi connectivity index (χ1v) is 9.26. The van der Waals surface area contributed by atoms with E-state index in [2.05, 4.69) is 10.1 Å². The smallest absolute Gasteiger partial charge is 0.414 e. The van der Waals surface area contributed by atoms with Gasteiger partial charge in [-0.1, -0.05) is 48.5 Å². The molecular formula is C21H18F3NO5. The molecular weight excluding hydrogens is 403 g/mol. The standard InChI is InChI=1S/C21H18F3NO5/c22-21(23,24)17-9-20(11-30-17,18(26)27)25-19(28)29-10-16-14-7-3-1-5-12(14)13-6-2-4-8-15(13)16/h1-8,16-17H,9-11H2,(H,25,28)(H,26,27)/t17-,20-/m1/s1. The zero-order valence-corrected chi connectivity index (χ0v) is 15.6. The number of alkyl halides is 3. The molecule has 1 fully saturated rings. The van der Waals surface area contributed by atoms with Crippen LogP contribution in [-0.4, -0.2) is 48.2 Å². The van der Waals surface area contributed by atoms with Crippen molar-refractivity contribution in [1.82, 2.24) is 5.32 Å². The number of amides is 1. The number of halogens is 3. The molecule has 6 nitrogen and oxygen atoms in total. The number of benzene rings is 2. The lowest BCUT2D eigenvalue weighted by atomic mass is 9.96. The van der Waals surface area contributed by atoms with E-state index in [0.29, 0.717) is 0 Å². The summed E-state index contributed by atoms with van der Waals surface area (Å²) < 4.78 is 48.5. The van der Waals surface area contributed by atoms with Crippen LogP contribution in [0.15, 0.2) is 48.5 Å². The highest BCUT2D eigenvalue weighted by Crippen LogP contribution is 2.44. The lowest BCUT2D eigenvalue weighted by Crippen LogP contribution is -2.56. The molecule has 1 amide bonds. The quantitative estimate of drug-likeness (QED) is 0.787. The van der Waals surface area contributed by atoms with Crippen molar-refractivity contribution in [2.45, 2.75) is 30.2 Å². The average Bonchev–Trinajstić information content (AvgIpc) is 3.27. The average molecular weight is 421 g/mol.